The summed E-state index contributed by atoms with van der Waals surface area (Å²) in [6.07, 6.45) is 4.13. The summed E-state index contributed by atoms with van der Waals surface area (Å²) in [6, 6.07) is 3.87. The Balaban J connectivity index is 1.62. The SMILES string of the molecule is CCOC(=O)NC1CCC(Nc2ncc(C(=O)c3cc(F)ccc3OC)c(N)n2)CC1. The fraction of sp³-hybridized carbons (Fsp3) is 0.429. The van der Waals surface area contributed by atoms with E-state index in [0.29, 0.717) is 12.6 Å². The number of hydrogen-bond donors (Lipinski definition) is 3. The second-order valence-corrected chi connectivity index (χ2v) is 7.22. The summed E-state index contributed by atoms with van der Waals surface area (Å²) >= 11 is 0. The first kappa shape index (κ1) is 22.3. The highest BCUT2D eigenvalue weighted by Gasteiger charge is 2.24. The first-order valence-corrected chi connectivity index (χ1v) is 10.1. The van der Waals surface area contributed by atoms with E-state index in [1.807, 2.05) is 0 Å². The Morgan fingerprint density at radius 3 is 2.55 bits per heavy atom. The van der Waals surface area contributed by atoms with Crippen LogP contribution in [-0.4, -0.2) is 47.6 Å². The third-order valence-corrected chi connectivity index (χ3v) is 5.13. The lowest BCUT2D eigenvalue weighted by Crippen LogP contribution is -2.40. The van der Waals surface area contributed by atoms with E-state index < -0.39 is 17.7 Å². The van der Waals surface area contributed by atoms with Gasteiger partial charge in [-0.3, -0.25) is 4.79 Å². The molecule has 4 N–H and O–H groups in total. The molecule has 2 aromatic rings. The number of anilines is 2. The summed E-state index contributed by atoms with van der Waals surface area (Å²) in [6.45, 7) is 2.10. The Labute approximate surface area is 179 Å². The van der Waals surface area contributed by atoms with Crippen molar-refractivity contribution in [3.8, 4) is 5.75 Å². The monoisotopic (exact) mass is 431 g/mol. The van der Waals surface area contributed by atoms with Gasteiger partial charge in [0.15, 0.2) is 0 Å². The normalized spacial score (nSPS) is 18.2. The van der Waals surface area contributed by atoms with Gasteiger partial charge in [0.1, 0.15) is 17.4 Å². The number of nitrogen functional groups attached to an aromatic ring is 1. The van der Waals surface area contributed by atoms with E-state index in [1.165, 1.54) is 25.4 Å². The molecule has 0 bridgehead atoms. The van der Waals surface area contributed by atoms with Gasteiger partial charge in [0.2, 0.25) is 11.7 Å². The minimum absolute atomic E-state index is 0.00789. The second kappa shape index (κ2) is 10.1. The van der Waals surface area contributed by atoms with Crippen LogP contribution in [0.5, 0.6) is 5.75 Å². The Morgan fingerprint density at radius 1 is 1.19 bits per heavy atom. The number of ether oxygens (including phenoxy) is 2. The van der Waals surface area contributed by atoms with Gasteiger partial charge in [0, 0.05) is 18.3 Å². The highest BCUT2D eigenvalue weighted by molar-refractivity contribution is 6.13. The Bertz CT molecular complexity index is 947. The molecule has 1 aromatic carbocycles. The van der Waals surface area contributed by atoms with Gasteiger partial charge in [-0.05, 0) is 50.8 Å². The Kier molecular flexibility index (Phi) is 7.22. The van der Waals surface area contributed by atoms with Crippen molar-refractivity contribution in [3.63, 3.8) is 0 Å². The number of benzene rings is 1. The van der Waals surface area contributed by atoms with Gasteiger partial charge < -0.3 is 25.8 Å². The summed E-state index contributed by atoms with van der Waals surface area (Å²) in [7, 11) is 1.40. The molecule has 1 aliphatic carbocycles. The van der Waals surface area contributed by atoms with Crippen LogP contribution in [0.1, 0.15) is 48.5 Å². The standard InChI is InChI=1S/C21H26FN5O4/c1-3-31-21(29)26-14-7-5-13(6-8-14)25-20-24-11-16(19(23)27-20)18(28)15-10-12(22)4-9-17(15)30-2/h4,9-11,13-14H,3,5-8H2,1-2H3,(H,26,29)(H3,23,24,25,27). The average molecular weight is 431 g/mol. The topological polar surface area (TPSA) is 128 Å². The van der Waals surface area contributed by atoms with E-state index in [2.05, 4.69) is 20.6 Å². The number of alkyl carbamates (subject to hydrolysis) is 1. The zero-order valence-corrected chi connectivity index (χ0v) is 17.5. The van der Waals surface area contributed by atoms with E-state index >= 15 is 0 Å². The van der Waals surface area contributed by atoms with Crippen molar-refractivity contribution in [2.45, 2.75) is 44.7 Å². The van der Waals surface area contributed by atoms with Crippen LogP contribution in [-0.2, 0) is 4.74 Å². The fourth-order valence-corrected chi connectivity index (χ4v) is 3.55. The molecule has 1 amide bonds. The van der Waals surface area contributed by atoms with Crippen molar-refractivity contribution in [1.29, 1.82) is 0 Å². The van der Waals surface area contributed by atoms with Crippen LogP contribution in [0.4, 0.5) is 21.0 Å². The number of ketones is 1. The number of nitrogens with zero attached hydrogens (tertiary/aromatic N) is 2. The predicted molar refractivity (Wildman–Crippen MR) is 113 cm³/mol. The number of nitrogens with two attached hydrogens (primary N) is 1. The van der Waals surface area contributed by atoms with E-state index in [1.54, 1.807) is 6.92 Å². The number of amides is 1. The van der Waals surface area contributed by atoms with Crippen molar-refractivity contribution in [3.05, 3.63) is 41.3 Å². The lowest BCUT2D eigenvalue weighted by Gasteiger charge is -2.29. The molecule has 1 heterocycles. The number of halogens is 1. The molecule has 0 aliphatic heterocycles. The van der Waals surface area contributed by atoms with Gasteiger partial charge in [-0.1, -0.05) is 0 Å². The maximum Gasteiger partial charge on any atom is 0.407 e. The van der Waals surface area contributed by atoms with Gasteiger partial charge in [-0.15, -0.1) is 0 Å². The number of hydrogen-bond acceptors (Lipinski definition) is 8. The molecule has 1 aliphatic rings. The van der Waals surface area contributed by atoms with Crippen LogP contribution in [0.15, 0.2) is 24.4 Å². The maximum absolute atomic E-state index is 13.6. The molecular weight excluding hydrogens is 405 g/mol. The number of rotatable bonds is 7. The minimum atomic E-state index is -0.560. The first-order chi connectivity index (χ1) is 14.9. The molecule has 9 nitrogen and oxygen atoms in total. The van der Waals surface area contributed by atoms with E-state index in [-0.39, 0.29) is 34.8 Å². The van der Waals surface area contributed by atoms with Crippen molar-refractivity contribution in [2.75, 3.05) is 24.8 Å². The predicted octanol–water partition coefficient (Wildman–Crippen LogP) is 2.91. The van der Waals surface area contributed by atoms with Crippen LogP contribution < -0.4 is 21.1 Å². The van der Waals surface area contributed by atoms with E-state index in [4.69, 9.17) is 15.2 Å². The highest BCUT2D eigenvalue weighted by atomic mass is 19.1. The quantitative estimate of drug-likeness (QED) is 0.571. The fourth-order valence-electron chi connectivity index (χ4n) is 3.55. The van der Waals surface area contributed by atoms with Gasteiger partial charge in [0.05, 0.1) is 24.8 Å². The van der Waals surface area contributed by atoms with Gasteiger partial charge >= 0.3 is 6.09 Å². The van der Waals surface area contributed by atoms with E-state index in [0.717, 1.165) is 31.7 Å². The Hall–Kier alpha value is -3.43. The lowest BCUT2D eigenvalue weighted by atomic mass is 9.91. The molecule has 1 saturated carbocycles. The van der Waals surface area contributed by atoms with Crippen LogP contribution in [0.25, 0.3) is 0 Å². The molecule has 0 spiro atoms. The average Bonchev–Trinajstić information content (AvgIpc) is 2.75. The number of aromatic nitrogens is 2. The van der Waals surface area contributed by atoms with Crippen molar-refractivity contribution < 1.29 is 23.5 Å². The second-order valence-electron chi connectivity index (χ2n) is 7.22. The summed E-state index contributed by atoms with van der Waals surface area (Å²) in [5.41, 5.74) is 6.11. The molecule has 166 valence electrons. The van der Waals surface area contributed by atoms with Gasteiger partial charge in [0.25, 0.3) is 0 Å². The molecular formula is C21H26FN5O4. The van der Waals surface area contributed by atoms with Crippen LogP contribution >= 0.6 is 0 Å². The van der Waals surface area contributed by atoms with Crippen LogP contribution in [0.2, 0.25) is 0 Å². The van der Waals surface area contributed by atoms with Crippen LogP contribution in [0, 0.1) is 5.82 Å². The molecule has 31 heavy (non-hydrogen) atoms. The van der Waals surface area contributed by atoms with Crippen LogP contribution in [0.3, 0.4) is 0 Å². The lowest BCUT2D eigenvalue weighted by molar-refractivity contribution is 0.103. The molecule has 0 saturated heterocycles. The number of carbonyl (C=O) groups is 2. The molecule has 1 fully saturated rings. The first-order valence-electron chi connectivity index (χ1n) is 10.1. The summed E-state index contributed by atoms with van der Waals surface area (Å²) < 4.78 is 23.7. The van der Waals surface area contributed by atoms with Gasteiger partial charge in [-0.2, -0.15) is 4.98 Å². The maximum atomic E-state index is 13.6. The summed E-state index contributed by atoms with van der Waals surface area (Å²) in [5, 5.41) is 6.06. The number of nitrogens with one attached hydrogen (secondary N) is 2. The third kappa shape index (κ3) is 5.59. The minimum Gasteiger partial charge on any atom is -0.496 e. The molecule has 0 unspecified atom stereocenters. The number of methoxy groups -OCH3 is 1. The van der Waals surface area contributed by atoms with Gasteiger partial charge in [-0.25, -0.2) is 14.2 Å². The zero-order chi connectivity index (χ0) is 22.4. The summed E-state index contributed by atoms with van der Waals surface area (Å²) in [5.74, 6) is -0.546. The summed E-state index contributed by atoms with van der Waals surface area (Å²) in [4.78, 5) is 32.7. The molecule has 0 radical (unpaired) electrons. The molecule has 10 heteroatoms. The largest absolute Gasteiger partial charge is 0.496 e. The van der Waals surface area contributed by atoms with Crippen molar-refractivity contribution in [1.82, 2.24) is 15.3 Å². The van der Waals surface area contributed by atoms with E-state index in [9.17, 15) is 14.0 Å². The molecule has 3 rings (SSSR count). The highest BCUT2D eigenvalue weighted by Crippen LogP contribution is 2.26. The van der Waals surface area contributed by atoms with Crippen molar-refractivity contribution in [2.24, 2.45) is 0 Å². The smallest absolute Gasteiger partial charge is 0.407 e. The van der Waals surface area contributed by atoms with Crippen molar-refractivity contribution >= 4 is 23.6 Å². The number of carbonyl (C=O) groups excluding carboxylic acids is 2. The zero-order valence-electron chi connectivity index (χ0n) is 17.5. The Morgan fingerprint density at radius 2 is 1.90 bits per heavy atom. The third-order valence-electron chi connectivity index (χ3n) is 5.13. The molecule has 0 atom stereocenters. The molecule has 1 aromatic heterocycles.